The normalized spacial score (nSPS) is 23.2. The van der Waals surface area contributed by atoms with E-state index < -0.39 is 0 Å². The van der Waals surface area contributed by atoms with Crippen molar-refractivity contribution in [1.82, 2.24) is 15.1 Å². The van der Waals surface area contributed by atoms with Crippen LogP contribution in [0.1, 0.15) is 50.6 Å². The summed E-state index contributed by atoms with van der Waals surface area (Å²) in [5.74, 6) is 0.276. The molecular formula is C23H37N4O2S+. The number of quaternary nitrogens is 1. The highest BCUT2D eigenvalue weighted by Gasteiger charge is 2.41. The van der Waals surface area contributed by atoms with Crippen LogP contribution in [0.5, 0.6) is 0 Å². The summed E-state index contributed by atoms with van der Waals surface area (Å²) in [6.07, 6.45) is 0.872. The molecule has 2 aliphatic rings. The van der Waals surface area contributed by atoms with Gasteiger partial charge >= 0.3 is 6.03 Å². The second-order valence-corrected chi connectivity index (χ2v) is 10.7. The standard InChI is InChI=1S/C23H36N4O2S/c1-6-19-20(28)27(21(30-19)18-10-8-7-9-17(18)2)16-13-25-11-14-26(15-12-25)22(29)24-23(3,4)5/h7-10,19,21H,6,11-16H2,1-5H3,(H,24,29)/p+1/t19-,21+/m1/s1. The molecule has 2 N–H and O–H groups in total. The van der Waals surface area contributed by atoms with Crippen LogP contribution in [0, 0.1) is 6.92 Å². The SMILES string of the molecule is CC[C@H]1S[C@@H](c2ccccc2C)N(CC[NH+]2CCN(C(=O)NC(C)(C)C)CC2)C1=O. The number of hydrogen-bond acceptors (Lipinski definition) is 3. The Morgan fingerprint density at radius 3 is 2.50 bits per heavy atom. The number of piperazine rings is 1. The molecule has 2 heterocycles. The molecule has 3 rings (SSSR count). The molecule has 166 valence electrons. The molecule has 0 aromatic heterocycles. The summed E-state index contributed by atoms with van der Waals surface area (Å²) in [5.41, 5.74) is 2.29. The van der Waals surface area contributed by atoms with Gasteiger partial charge in [0.25, 0.3) is 0 Å². The van der Waals surface area contributed by atoms with Gasteiger partial charge in [-0.25, -0.2) is 4.79 Å². The fourth-order valence-electron chi connectivity index (χ4n) is 4.15. The van der Waals surface area contributed by atoms with Crippen LogP contribution >= 0.6 is 11.8 Å². The molecule has 0 unspecified atom stereocenters. The zero-order chi connectivity index (χ0) is 21.9. The predicted molar refractivity (Wildman–Crippen MR) is 123 cm³/mol. The molecule has 3 amide bonds. The summed E-state index contributed by atoms with van der Waals surface area (Å²) in [6, 6.07) is 8.44. The summed E-state index contributed by atoms with van der Waals surface area (Å²) in [4.78, 5) is 30.9. The number of nitrogens with zero attached hydrogens (tertiary/aromatic N) is 2. The van der Waals surface area contributed by atoms with Gasteiger partial charge in [0.2, 0.25) is 5.91 Å². The Morgan fingerprint density at radius 2 is 1.90 bits per heavy atom. The van der Waals surface area contributed by atoms with E-state index >= 15 is 0 Å². The van der Waals surface area contributed by atoms with Gasteiger partial charge < -0.3 is 20.0 Å². The van der Waals surface area contributed by atoms with E-state index in [1.54, 1.807) is 11.8 Å². The van der Waals surface area contributed by atoms with Crippen molar-refractivity contribution in [3.05, 3.63) is 35.4 Å². The molecule has 2 fully saturated rings. The average molecular weight is 434 g/mol. The van der Waals surface area contributed by atoms with Crippen LogP contribution in [-0.4, -0.2) is 71.8 Å². The van der Waals surface area contributed by atoms with E-state index in [1.807, 2.05) is 25.7 Å². The smallest absolute Gasteiger partial charge is 0.318 e. The molecule has 0 aliphatic carbocycles. The molecule has 6 nitrogen and oxygen atoms in total. The van der Waals surface area contributed by atoms with E-state index in [4.69, 9.17) is 0 Å². The minimum absolute atomic E-state index is 0.0260. The maximum absolute atomic E-state index is 13.0. The Kier molecular flexibility index (Phi) is 7.34. The third-order valence-corrected chi connectivity index (χ3v) is 7.54. The molecular weight excluding hydrogens is 396 g/mol. The second kappa shape index (κ2) is 9.60. The second-order valence-electron chi connectivity index (χ2n) is 9.44. The monoisotopic (exact) mass is 433 g/mol. The molecule has 2 saturated heterocycles. The first-order valence-electron chi connectivity index (χ1n) is 11.1. The lowest BCUT2D eigenvalue weighted by Crippen LogP contribution is -3.15. The molecule has 0 saturated carbocycles. The predicted octanol–water partition coefficient (Wildman–Crippen LogP) is 2.06. The molecule has 0 bridgehead atoms. The van der Waals surface area contributed by atoms with Crippen LogP contribution in [0.4, 0.5) is 4.79 Å². The number of urea groups is 1. The minimum Gasteiger partial charge on any atom is -0.333 e. The van der Waals surface area contributed by atoms with E-state index in [0.29, 0.717) is 0 Å². The number of carbonyl (C=O) groups is 2. The number of thioether (sulfide) groups is 1. The molecule has 30 heavy (non-hydrogen) atoms. The van der Waals surface area contributed by atoms with Crippen molar-refractivity contribution in [2.45, 2.75) is 57.2 Å². The Balaban J connectivity index is 1.57. The fourth-order valence-corrected chi connectivity index (χ4v) is 5.67. The largest absolute Gasteiger partial charge is 0.333 e. The van der Waals surface area contributed by atoms with Gasteiger partial charge in [-0.3, -0.25) is 4.79 Å². The first-order chi connectivity index (χ1) is 14.2. The summed E-state index contributed by atoms with van der Waals surface area (Å²) in [7, 11) is 0. The number of hydrogen-bond donors (Lipinski definition) is 2. The Morgan fingerprint density at radius 1 is 1.23 bits per heavy atom. The first-order valence-corrected chi connectivity index (χ1v) is 12.1. The fraction of sp³-hybridized carbons (Fsp3) is 0.652. The van der Waals surface area contributed by atoms with Crippen molar-refractivity contribution in [2.24, 2.45) is 0 Å². The zero-order valence-corrected chi connectivity index (χ0v) is 19.8. The van der Waals surface area contributed by atoms with Gasteiger partial charge in [0.1, 0.15) is 5.37 Å². The lowest BCUT2D eigenvalue weighted by Gasteiger charge is -2.35. The van der Waals surface area contributed by atoms with E-state index in [1.165, 1.54) is 16.0 Å². The van der Waals surface area contributed by atoms with Gasteiger partial charge in [0.05, 0.1) is 44.5 Å². The van der Waals surface area contributed by atoms with E-state index in [0.717, 1.165) is 45.7 Å². The van der Waals surface area contributed by atoms with Crippen molar-refractivity contribution < 1.29 is 14.5 Å². The molecule has 1 aromatic rings. The van der Waals surface area contributed by atoms with Crippen molar-refractivity contribution >= 4 is 23.7 Å². The number of amides is 3. The number of nitrogens with one attached hydrogen (secondary N) is 2. The highest BCUT2D eigenvalue weighted by Crippen LogP contribution is 2.44. The van der Waals surface area contributed by atoms with Crippen molar-refractivity contribution in [3.63, 3.8) is 0 Å². The van der Waals surface area contributed by atoms with Gasteiger partial charge in [0, 0.05) is 5.54 Å². The van der Waals surface area contributed by atoms with Crippen LogP contribution in [0.15, 0.2) is 24.3 Å². The van der Waals surface area contributed by atoms with Crippen LogP contribution in [0.25, 0.3) is 0 Å². The summed E-state index contributed by atoms with van der Waals surface area (Å²) in [5, 5.41) is 3.22. The van der Waals surface area contributed by atoms with Gasteiger partial charge in [-0.1, -0.05) is 31.2 Å². The number of carbonyl (C=O) groups excluding carboxylic acids is 2. The molecule has 2 aliphatic heterocycles. The third-order valence-electron chi connectivity index (χ3n) is 5.91. The van der Waals surface area contributed by atoms with Gasteiger partial charge in [-0.2, -0.15) is 0 Å². The van der Waals surface area contributed by atoms with Crippen LogP contribution in [-0.2, 0) is 4.79 Å². The zero-order valence-electron chi connectivity index (χ0n) is 19.0. The number of aryl methyl sites for hydroxylation is 1. The van der Waals surface area contributed by atoms with E-state index in [-0.39, 0.29) is 28.1 Å². The number of rotatable bonds is 5. The van der Waals surface area contributed by atoms with Crippen molar-refractivity contribution in [1.29, 1.82) is 0 Å². The van der Waals surface area contributed by atoms with E-state index in [2.05, 4.69) is 48.3 Å². The average Bonchev–Trinajstić information content (AvgIpc) is 3.01. The van der Waals surface area contributed by atoms with Gasteiger partial charge in [-0.05, 0) is 45.2 Å². The Hall–Kier alpha value is -1.73. The van der Waals surface area contributed by atoms with Crippen molar-refractivity contribution in [3.8, 4) is 0 Å². The van der Waals surface area contributed by atoms with Crippen LogP contribution in [0.2, 0.25) is 0 Å². The minimum atomic E-state index is -0.213. The van der Waals surface area contributed by atoms with Crippen LogP contribution in [0.3, 0.4) is 0 Å². The van der Waals surface area contributed by atoms with Gasteiger partial charge in [0.15, 0.2) is 0 Å². The first kappa shape index (κ1) is 22.9. The maximum Gasteiger partial charge on any atom is 0.318 e. The topological polar surface area (TPSA) is 57.1 Å². The Labute approximate surface area is 185 Å². The highest BCUT2D eigenvalue weighted by molar-refractivity contribution is 8.01. The summed E-state index contributed by atoms with van der Waals surface area (Å²) >= 11 is 1.80. The molecule has 1 aromatic carbocycles. The number of benzene rings is 1. The highest BCUT2D eigenvalue weighted by atomic mass is 32.2. The Bertz CT molecular complexity index is 756. The molecule has 7 heteroatoms. The lowest BCUT2D eigenvalue weighted by atomic mass is 10.1. The molecule has 2 atom stereocenters. The third kappa shape index (κ3) is 5.49. The maximum atomic E-state index is 13.0. The van der Waals surface area contributed by atoms with Crippen molar-refractivity contribution in [2.75, 3.05) is 39.3 Å². The summed E-state index contributed by atoms with van der Waals surface area (Å²) in [6.45, 7) is 15.3. The van der Waals surface area contributed by atoms with Crippen LogP contribution < -0.4 is 10.2 Å². The molecule has 0 radical (unpaired) electrons. The quantitative estimate of drug-likeness (QED) is 0.747. The summed E-state index contributed by atoms with van der Waals surface area (Å²) < 4.78 is 0. The lowest BCUT2D eigenvalue weighted by molar-refractivity contribution is -0.903. The van der Waals surface area contributed by atoms with E-state index in [9.17, 15) is 9.59 Å². The molecule has 0 spiro atoms. The van der Waals surface area contributed by atoms with Gasteiger partial charge in [-0.15, -0.1) is 11.8 Å².